The van der Waals surface area contributed by atoms with Crippen molar-refractivity contribution in [2.45, 2.75) is 13.2 Å². The summed E-state index contributed by atoms with van der Waals surface area (Å²) in [4.78, 5) is 11.3. The average Bonchev–Trinajstić information content (AvgIpc) is 2.58. The van der Waals surface area contributed by atoms with E-state index in [-0.39, 0.29) is 18.9 Å². The smallest absolute Gasteiger partial charge is 0.373 e. The van der Waals surface area contributed by atoms with Crippen LogP contribution in [0.15, 0.2) is 0 Å². The van der Waals surface area contributed by atoms with Crippen molar-refractivity contribution in [2.24, 2.45) is 5.73 Å². The van der Waals surface area contributed by atoms with E-state index in [0.717, 1.165) is 0 Å². The number of rotatable bonds is 17. The van der Waals surface area contributed by atoms with Gasteiger partial charge in [-0.05, 0) is 6.82 Å². The molecule has 0 aliphatic carbocycles. The van der Waals surface area contributed by atoms with Crippen molar-refractivity contribution >= 4 is 13.0 Å². The minimum Gasteiger partial charge on any atom is -0.437 e. The van der Waals surface area contributed by atoms with Gasteiger partial charge in [-0.15, -0.1) is 0 Å². The molecule has 1 amide bonds. The van der Waals surface area contributed by atoms with Crippen LogP contribution in [0, 0.1) is 12.0 Å². The highest BCUT2D eigenvalue weighted by molar-refractivity contribution is 6.45. The van der Waals surface area contributed by atoms with E-state index >= 15 is 0 Å². The maximum Gasteiger partial charge on any atom is 0.373 e. The summed E-state index contributed by atoms with van der Waals surface area (Å²) in [5.41, 5.74) is 4.98. The van der Waals surface area contributed by atoms with E-state index in [1.807, 2.05) is 0 Å². The third-order valence-electron chi connectivity index (χ3n) is 2.75. The summed E-state index contributed by atoms with van der Waals surface area (Å²) < 4.78 is 21.2. The molecule has 0 aromatic heterocycles. The van der Waals surface area contributed by atoms with Crippen molar-refractivity contribution in [3.8, 4) is 12.0 Å². The fraction of sp³-hybridized carbons (Fsp3) is 0.800. The summed E-state index contributed by atoms with van der Waals surface area (Å²) in [6, 6.07) is 2.21. The maximum absolute atomic E-state index is 11.3. The Morgan fingerprint density at radius 3 is 2.04 bits per heavy atom. The zero-order valence-electron chi connectivity index (χ0n) is 14.9. The van der Waals surface area contributed by atoms with E-state index in [0.29, 0.717) is 59.4 Å². The second kappa shape index (κ2) is 19.0. The Kier molecular flexibility index (Phi) is 18.0. The van der Waals surface area contributed by atoms with Gasteiger partial charge in [0.25, 0.3) is 0 Å². The third kappa shape index (κ3) is 20.6. The molecule has 0 bridgehead atoms. The van der Waals surface area contributed by atoms with Crippen LogP contribution in [0.3, 0.4) is 0 Å². The van der Waals surface area contributed by atoms with Gasteiger partial charge in [0, 0.05) is 19.0 Å². The predicted octanol–water partition coefficient (Wildman–Crippen LogP) is -1.82. The lowest BCUT2D eigenvalue weighted by molar-refractivity contribution is -0.122. The van der Waals surface area contributed by atoms with Crippen LogP contribution in [0.4, 0.5) is 0 Å². The van der Waals surface area contributed by atoms with Gasteiger partial charge in [-0.2, -0.15) is 0 Å². The highest BCUT2D eigenvalue weighted by atomic mass is 16.6. The van der Waals surface area contributed by atoms with E-state index in [1.165, 1.54) is 0 Å². The Hall–Kier alpha value is -1.35. The first-order valence-corrected chi connectivity index (χ1v) is 8.34. The molecule has 0 rings (SSSR count). The van der Waals surface area contributed by atoms with E-state index in [4.69, 9.17) is 29.7 Å². The summed E-state index contributed by atoms with van der Waals surface area (Å²) in [5.74, 6) is 2.41. The van der Waals surface area contributed by atoms with Crippen LogP contribution in [0.2, 0.25) is 6.82 Å². The molecule has 0 aliphatic rings. The largest absolute Gasteiger partial charge is 0.437 e. The first-order valence-electron chi connectivity index (χ1n) is 8.34. The summed E-state index contributed by atoms with van der Waals surface area (Å²) in [7, 11) is -0.519. The molecule has 0 saturated carbocycles. The van der Waals surface area contributed by atoms with Gasteiger partial charge in [0.05, 0.1) is 59.4 Å². The van der Waals surface area contributed by atoms with E-state index in [1.54, 1.807) is 6.82 Å². The number of ether oxygens (including phenoxy) is 4. The molecule has 25 heavy (non-hydrogen) atoms. The fourth-order valence-electron chi connectivity index (χ4n) is 1.55. The quantitative estimate of drug-likeness (QED) is 0.104. The first-order chi connectivity index (χ1) is 12.2. The number of hydrogen-bond acceptors (Lipinski definition) is 8. The number of hydrogen-bond donors (Lipinski definition) is 4. The number of carbonyl (C=O) groups excluding carboxylic acids is 1. The van der Waals surface area contributed by atoms with Crippen LogP contribution >= 0.6 is 0 Å². The molecule has 0 radical (unpaired) electrons. The minimum atomic E-state index is -0.519. The standard InChI is InChI=1S/C15H30BN3O6/c1-16(21)19-6-8-23-10-12-25-14-13-24-11-9-22-7-3-15(20)18-5-2-4-17/h19,21H,3,5-14,17H2,1H3,(H,18,20). The van der Waals surface area contributed by atoms with Gasteiger partial charge >= 0.3 is 7.05 Å². The molecule has 0 aromatic rings. The van der Waals surface area contributed by atoms with Crippen molar-refractivity contribution < 1.29 is 28.8 Å². The van der Waals surface area contributed by atoms with Gasteiger partial charge in [0.15, 0.2) is 0 Å². The van der Waals surface area contributed by atoms with Gasteiger partial charge in [-0.1, -0.05) is 5.92 Å². The van der Waals surface area contributed by atoms with Crippen molar-refractivity contribution in [3.63, 3.8) is 0 Å². The van der Waals surface area contributed by atoms with Crippen molar-refractivity contribution in [1.29, 1.82) is 0 Å². The second-order valence-electron chi connectivity index (χ2n) is 4.93. The Morgan fingerprint density at radius 2 is 1.52 bits per heavy atom. The lowest BCUT2D eigenvalue weighted by Gasteiger charge is -2.08. The Morgan fingerprint density at radius 1 is 1.00 bits per heavy atom. The minimum absolute atomic E-state index is 0.124. The van der Waals surface area contributed by atoms with Crippen molar-refractivity contribution in [2.75, 3.05) is 65.9 Å². The van der Waals surface area contributed by atoms with Crippen molar-refractivity contribution in [3.05, 3.63) is 0 Å². The molecular formula is C15H30BN3O6. The van der Waals surface area contributed by atoms with Gasteiger partial charge < -0.3 is 40.2 Å². The number of carbonyl (C=O) groups is 1. The van der Waals surface area contributed by atoms with Crippen LogP contribution in [-0.4, -0.2) is 83.9 Å². The van der Waals surface area contributed by atoms with Crippen molar-refractivity contribution in [1.82, 2.24) is 10.5 Å². The molecule has 5 N–H and O–H groups in total. The molecule has 0 fully saturated rings. The predicted molar refractivity (Wildman–Crippen MR) is 94.7 cm³/mol. The van der Waals surface area contributed by atoms with Crippen LogP contribution in [-0.2, 0) is 23.7 Å². The molecule has 10 heteroatoms. The highest BCUT2D eigenvalue weighted by Gasteiger charge is 2.00. The molecule has 0 spiro atoms. The van der Waals surface area contributed by atoms with Gasteiger partial charge in [-0.3, -0.25) is 4.79 Å². The van der Waals surface area contributed by atoms with E-state index in [9.17, 15) is 4.79 Å². The summed E-state index contributed by atoms with van der Waals surface area (Å²) in [5, 5.41) is 14.4. The Labute approximate surface area is 150 Å². The van der Waals surface area contributed by atoms with Crippen LogP contribution in [0.25, 0.3) is 0 Å². The van der Waals surface area contributed by atoms with Gasteiger partial charge in [0.2, 0.25) is 5.91 Å². The summed E-state index contributed by atoms with van der Waals surface area (Å²) in [6.07, 6.45) is 0.280. The lowest BCUT2D eigenvalue weighted by atomic mass is 9.89. The fourth-order valence-corrected chi connectivity index (χ4v) is 1.55. The molecule has 0 aliphatic heterocycles. The summed E-state index contributed by atoms with van der Waals surface area (Å²) >= 11 is 0. The SMILES string of the molecule is CB(O)NCCOCCOCCOCCOCCC(=O)NCC#CN. The van der Waals surface area contributed by atoms with Crippen LogP contribution < -0.4 is 16.3 Å². The maximum atomic E-state index is 11.3. The molecule has 144 valence electrons. The topological polar surface area (TPSA) is 124 Å². The van der Waals surface area contributed by atoms with E-state index < -0.39 is 7.05 Å². The zero-order chi connectivity index (χ0) is 18.6. The van der Waals surface area contributed by atoms with Crippen LogP contribution in [0.5, 0.6) is 0 Å². The Balaban J connectivity index is 3.11. The monoisotopic (exact) mass is 359 g/mol. The molecule has 0 unspecified atom stereocenters. The van der Waals surface area contributed by atoms with Gasteiger partial charge in [-0.25, -0.2) is 0 Å². The normalized spacial score (nSPS) is 10.2. The highest BCUT2D eigenvalue weighted by Crippen LogP contribution is 1.85. The Bertz CT molecular complexity index is 376. The number of amides is 1. The molecule has 0 aromatic carbocycles. The number of nitrogens with two attached hydrogens (primary N) is 1. The molecule has 9 nitrogen and oxygen atoms in total. The molecule has 0 saturated heterocycles. The molecule has 0 heterocycles. The average molecular weight is 359 g/mol. The first kappa shape index (κ1) is 23.7. The lowest BCUT2D eigenvalue weighted by Crippen LogP contribution is -2.33. The van der Waals surface area contributed by atoms with E-state index in [2.05, 4.69) is 22.5 Å². The molecule has 0 atom stereocenters. The van der Waals surface area contributed by atoms with Gasteiger partial charge in [0.1, 0.15) is 0 Å². The second-order valence-corrected chi connectivity index (χ2v) is 4.93. The third-order valence-corrected chi connectivity index (χ3v) is 2.75. The molecular weight excluding hydrogens is 329 g/mol. The summed E-state index contributed by atoms with van der Waals surface area (Å²) in [6.45, 7) is 6.22. The number of nitrogens with one attached hydrogen (secondary N) is 2. The zero-order valence-corrected chi connectivity index (χ0v) is 14.9. The van der Waals surface area contributed by atoms with Crippen LogP contribution in [0.1, 0.15) is 6.42 Å².